The molecule has 4 rings (SSSR count). The summed E-state index contributed by atoms with van der Waals surface area (Å²) in [6.07, 6.45) is -8.84. The first kappa shape index (κ1) is 32.1. The number of nitrogens with one attached hydrogen (secondary N) is 1. The molecule has 1 unspecified atom stereocenters. The van der Waals surface area contributed by atoms with Crippen molar-refractivity contribution in [1.82, 2.24) is 20.1 Å². The topological polar surface area (TPSA) is 114 Å². The summed E-state index contributed by atoms with van der Waals surface area (Å²) in [7, 11) is 0. The van der Waals surface area contributed by atoms with Gasteiger partial charge in [0.15, 0.2) is 11.5 Å². The zero-order valence-corrected chi connectivity index (χ0v) is 23.6. The molecule has 230 valence electrons. The molecule has 0 saturated heterocycles. The van der Waals surface area contributed by atoms with Crippen LogP contribution in [0, 0.1) is 10.8 Å². The number of ketones is 1. The number of halogens is 8. The molecule has 0 radical (unpaired) electrons. The Kier molecular flexibility index (Phi) is 8.64. The van der Waals surface area contributed by atoms with Crippen molar-refractivity contribution >= 4 is 40.9 Å². The minimum Gasteiger partial charge on any atom is -0.481 e. The Morgan fingerprint density at radius 1 is 1.05 bits per heavy atom. The maximum absolute atomic E-state index is 14.3. The molecule has 2 aromatic rings. The third kappa shape index (κ3) is 5.84. The van der Waals surface area contributed by atoms with Gasteiger partial charge in [-0.3, -0.25) is 24.0 Å². The van der Waals surface area contributed by atoms with E-state index in [9.17, 15) is 45.8 Å². The molecular weight excluding hydrogens is 617 g/mol. The molecular formula is C26H26Cl2F6N4O4. The van der Waals surface area contributed by atoms with Gasteiger partial charge in [-0.1, -0.05) is 29.6 Å². The second-order valence-corrected chi connectivity index (χ2v) is 11.9. The van der Waals surface area contributed by atoms with Crippen molar-refractivity contribution in [3.63, 3.8) is 0 Å². The summed E-state index contributed by atoms with van der Waals surface area (Å²) in [4.78, 5) is 41.6. The molecule has 1 atom stereocenters. The summed E-state index contributed by atoms with van der Waals surface area (Å²) < 4.78 is 86.5. The van der Waals surface area contributed by atoms with E-state index in [-0.39, 0.29) is 47.7 Å². The highest BCUT2D eigenvalue weighted by molar-refractivity contribution is 6.39. The number of Topliss-reactive ketones (excluding diaryl/α,β-unsaturated/α-hetero) is 1. The average Bonchev–Trinajstić information content (AvgIpc) is 3.29. The Morgan fingerprint density at radius 2 is 1.62 bits per heavy atom. The number of nitrogens with zero attached hydrogens (tertiary/aromatic N) is 3. The van der Waals surface area contributed by atoms with Gasteiger partial charge in [-0.05, 0) is 45.4 Å². The molecule has 2 aromatic heterocycles. The number of hydrogen-bond acceptors (Lipinski definition) is 5. The minimum absolute atomic E-state index is 0.0242. The average molecular weight is 643 g/mol. The van der Waals surface area contributed by atoms with Crippen LogP contribution in [0.5, 0.6) is 0 Å². The highest BCUT2D eigenvalue weighted by atomic mass is 35.5. The van der Waals surface area contributed by atoms with Crippen LogP contribution in [0.4, 0.5) is 26.3 Å². The Hall–Kier alpha value is -2.87. The largest absolute Gasteiger partial charge is 0.481 e. The van der Waals surface area contributed by atoms with E-state index in [4.69, 9.17) is 23.2 Å². The summed E-state index contributed by atoms with van der Waals surface area (Å²) in [6, 6.07) is -2.83. The monoisotopic (exact) mass is 642 g/mol. The predicted molar refractivity (Wildman–Crippen MR) is 137 cm³/mol. The van der Waals surface area contributed by atoms with Gasteiger partial charge in [-0.2, -0.15) is 31.4 Å². The minimum atomic E-state index is -5.13. The fourth-order valence-electron chi connectivity index (χ4n) is 5.76. The third-order valence-electron chi connectivity index (χ3n) is 8.53. The van der Waals surface area contributed by atoms with E-state index in [1.807, 2.05) is 0 Å². The smallest absolute Gasteiger partial charge is 0.433 e. The van der Waals surface area contributed by atoms with Gasteiger partial charge in [-0.15, -0.1) is 0 Å². The quantitative estimate of drug-likeness (QED) is 0.239. The van der Waals surface area contributed by atoms with Crippen LogP contribution in [0.3, 0.4) is 0 Å². The lowest BCUT2D eigenvalue weighted by Gasteiger charge is -2.48. The summed E-state index contributed by atoms with van der Waals surface area (Å²) in [5, 5.41) is 14.8. The van der Waals surface area contributed by atoms with Crippen molar-refractivity contribution in [3.8, 4) is 0 Å². The lowest BCUT2D eigenvalue weighted by atomic mass is 9.62. The van der Waals surface area contributed by atoms with Crippen molar-refractivity contribution in [2.45, 2.75) is 82.7 Å². The van der Waals surface area contributed by atoms with Gasteiger partial charge in [0.2, 0.25) is 0 Å². The van der Waals surface area contributed by atoms with E-state index in [1.54, 1.807) is 0 Å². The number of alkyl halides is 6. The van der Waals surface area contributed by atoms with Crippen LogP contribution >= 0.6 is 23.2 Å². The number of carboxylic acids is 1. The molecule has 2 aliphatic rings. The SMILES string of the molecule is C[C@]1(C(=O)O)CC[C@H](n2ncc(C(=O)NC(CC(=O)c3c(Cl)cncc3Cl)C3(C(F)(F)F)CCC3)c2C(F)(F)F)CC1. The first-order valence-corrected chi connectivity index (χ1v) is 13.7. The number of amides is 1. The zero-order valence-electron chi connectivity index (χ0n) is 22.1. The van der Waals surface area contributed by atoms with Crippen molar-refractivity contribution in [2.75, 3.05) is 0 Å². The molecule has 2 heterocycles. The lowest BCUT2D eigenvalue weighted by molar-refractivity contribution is -0.260. The van der Waals surface area contributed by atoms with Gasteiger partial charge >= 0.3 is 18.3 Å². The molecule has 2 aliphatic carbocycles. The number of carbonyl (C=O) groups excluding carboxylic acids is 2. The molecule has 2 fully saturated rings. The highest BCUT2D eigenvalue weighted by Gasteiger charge is 2.63. The van der Waals surface area contributed by atoms with Crippen LogP contribution in [-0.2, 0) is 11.0 Å². The van der Waals surface area contributed by atoms with Crippen molar-refractivity contribution in [2.24, 2.45) is 10.8 Å². The zero-order chi connectivity index (χ0) is 31.3. The van der Waals surface area contributed by atoms with Gasteiger partial charge in [-0.25, -0.2) is 0 Å². The van der Waals surface area contributed by atoms with Crippen molar-refractivity contribution in [3.05, 3.63) is 45.5 Å². The van der Waals surface area contributed by atoms with E-state index in [0.29, 0.717) is 10.9 Å². The first-order chi connectivity index (χ1) is 19.4. The molecule has 2 N–H and O–H groups in total. The molecule has 16 heteroatoms. The predicted octanol–water partition coefficient (Wildman–Crippen LogP) is 6.91. The van der Waals surface area contributed by atoms with E-state index in [1.165, 1.54) is 6.92 Å². The molecule has 0 spiro atoms. The highest BCUT2D eigenvalue weighted by Crippen LogP contribution is 2.56. The normalized spacial score (nSPS) is 23.1. The molecule has 42 heavy (non-hydrogen) atoms. The van der Waals surface area contributed by atoms with Crippen molar-refractivity contribution in [1.29, 1.82) is 0 Å². The van der Waals surface area contributed by atoms with Crippen LogP contribution in [-0.4, -0.2) is 49.7 Å². The number of rotatable bonds is 8. The summed E-state index contributed by atoms with van der Waals surface area (Å²) in [5.74, 6) is -3.52. The molecule has 2 saturated carbocycles. The fourth-order valence-corrected chi connectivity index (χ4v) is 6.33. The van der Waals surface area contributed by atoms with Crippen LogP contribution < -0.4 is 5.32 Å². The van der Waals surface area contributed by atoms with Crippen molar-refractivity contribution < 1.29 is 45.8 Å². The van der Waals surface area contributed by atoms with Gasteiger partial charge in [0, 0.05) is 18.8 Å². The lowest BCUT2D eigenvalue weighted by Crippen LogP contribution is -2.59. The van der Waals surface area contributed by atoms with Crippen LogP contribution in [0.15, 0.2) is 18.6 Å². The summed E-state index contributed by atoms with van der Waals surface area (Å²) >= 11 is 12.0. The van der Waals surface area contributed by atoms with Crippen LogP contribution in [0.2, 0.25) is 10.0 Å². The van der Waals surface area contributed by atoms with E-state index in [2.05, 4.69) is 15.4 Å². The molecule has 0 bridgehead atoms. The number of hydrogen-bond donors (Lipinski definition) is 2. The standard InChI is InChI=1S/C26H26Cl2F6N4O4/c1-23(22(41)42)7-3-13(4-8-23)38-20(25(29,30)31)14(10-36-38)21(40)37-18(24(5-2-6-24)26(32,33)34)9-17(39)19-15(27)11-35-12-16(19)28/h10-13,18H,2-9H2,1H3,(H,37,40)(H,41,42)/t13-,18?,23-. The van der Waals surface area contributed by atoms with Gasteiger partial charge in [0.05, 0.1) is 50.3 Å². The van der Waals surface area contributed by atoms with Gasteiger partial charge in [0.25, 0.3) is 5.91 Å². The van der Waals surface area contributed by atoms with Gasteiger partial charge < -0.3 is 10.4 Å². The van der Waals surface area contributed by atoms with Crippen LogP contribution in [0.1, 0.15) is 90.7 Å². The summed E-state index contributed by atoms with van der Waals surface area (Å²) in [5.41, 5.74) is -6.49. The fraction of sp³-hybridized carbons (Fsp3) is 0.577. The Labute approximate surface area is 245 Å². The van der Waals surface area contributed by atoms with Gasteiger partial charge in [0.1, 0.15) is 0 Å². The Morgan fingerprint density at radius 3 is 2.07 bits per heavy atom. The van der Waals surface area contributed by atoms with Crippen LogP contribution in [0.25, 0.3) is 0 Å². The second kappa shape index (κ2) is 11.3. The maximum Gasteiger partial charge on any atom is 0.433 e. The van der Waals surface area contributed by atoms with E-state index in [0.717, 1.165) is 12.4 Å². The molecule has 0 aromatic carbocycles. The number of carboxylic acid groups (broad SMARTS) is 1. The van der Waals surface area contributed by atoms with E-state index < -0.39 is 83.4 Å². The third-order valence-corrected chi connectivity index (χ3v) is 9.11. The maximum atomic E-state index is 14.3. The molecule has 8 nitrogen and oxygen atoms in total. The molecule has 1 amide bonds. The Balaban J connectivity index is 1.68. The summed E-state index contributed by atoms with van der Waals surface area (Å²) in [6.45, 7) is 1.49. The molecule has 0 aliphatic heterocycles. The number of pyridine rings is 1. The number of aliphatic carboxylic acids is 1. The van der Waals surface area contributed by atoms with E-state index >= 15 is 0 Å². The second-order valence-electron chi connectivity index (χ2n) is 11.1. The number of aromatic nitrogens is 3. The first-order valence-electron chi connectivity index (χ1n) is 13.0. The number of carbonyl (C=O) groups is 3. The Bertz CT molecular complexity index is 1360.